The van der Waals surface area contributed by atoms with Gasteiger partial charge in [-0.1, -0.05) is 36.2 Å². The first-order valence-corrected chi connectivity index (χ1v) is 7.29. The topological polar surface area (TPSA) is 15.3 Å². The first-order valence-electron chi connectivity index (χ1n) is 6.54. The first-order chi connectivity index (χ1) is 8.61. The zero-order chi connectivity index (χ0) is 13.1. The highest BCUT2D eigenvalue weighted by molar-refractivity contribution is 6.35. The average molecular weight is 287 g/mol. The van der Waals surface area contributed by atoms with Crippen molar-refractivity contribution in [3.8, 4) is 0 Å². The molecule has 1 aromatic rings. The molecule has 1 N–H and O–H groups in total. The van der Waals surface area contributed by atoms with E-state index in [1.165, 1.54) is 12.0 Å². The van der Waals surface area contributed by atoms with Gasteiger partial charge in [-0.15, -0.1) is 0 Å². The van der Waals surface area contributed by atoms with E-state index in [1.807, 2.05) is 18.2 Å². The quantitative estimate of drug-likeness (QED) is 0.907. The summed E-state index contributed by atoms with van der Waals surface area (Å²) in [6, 6.07) is 6.74. The van der Waals surface area contributed by atoms with Crippen LogP contribution in [-0.4, -0.2) is 30.6 Å². The zero-order valence-electron chi connectivity index (χ0n) is 10.9. The number of nitrogens with zero attached hydrogens (tertiary/aromatic N) is 1. The first kappa shape index (κ1) is 14.1. The zero-order valence-corrected chi connectivity index (χ0v) is 12.4. The number of halogens is 2. The summed E-state index contributed by atoms with van der Waals surface area (Å²) < 4.78 is 0. The maximum absolute atomic E-state index is 6.27. The van der Waals surface area contributed by atoms with Gasteiger partial charge < -0.3 is 5.32 Å². The van der Waals surface area contributed by atoms with Gasteiger partial charge in [-0.3, -0.25) is 4.90 Å². The van der Waals surface area contributed by atoms with Crippen LogP contribution in [0.4, 0.5) is 0 Å². The third-order valence-corrected chi connectivity index (χ3v) is 4.24. The van der Waals surface area contributed by atoms with E-state index >= 15 is 0 Å². The van der Waals surface area contributed by atoms with Crippen LogP contribution in [-0.2, 0) is 0 Å². The summed E-state index contributed by atoms with van der Waals surface area (Å²) in [4.78, 5) is 2.47. The second kappa shape index (κ2) is 6.25. The minimum Gasteiger partial charge on any atom is -0.313 e. The van der Waals surface area contributed by atoms with Crippen LogP contribution in [0.3, 0.4) is 0 Å². The maximum Gasteiger partial charge on any atom is 0.0468 e. The van der Waals surface area contributed by atoms with Crippen molar-refractivity contribution in [2.24, 2.45) is 0 Å². The molecule has 0 spiro atoms. The minimum absolute atomic E-state index is 0.346. The van der Waals surface area contributed by atoms with E-state index in [1.54, 1.807) is 0 Å². The highest BCUT2D eigenvalue weighted by Gasteiger charge is 2.26. The Kier molecular flexibility index (Phi) is 4.91. The van der Waals surface area contributed by atoms with Gasteiger partial charge >= 0.3 is 0 Å². The largest absolute Gasteiger partial charge is 0.313 e. The van der Waals surface area contributed by atoms with E-state index in [2.05, 4.69) is 24.1 Å². The van der Waals surface area contributed by atoms with E-state index in [-0.39, 0.29) is 0 Å². The molecule has 0 amide bonds. The van der Waals surface area contributed by atoms with Gasteiger partial charge in [0.05, 0.1) is 0 Å². The van der Waals surface area contributed by atoms with E-state index in [0.717, 1.165) is 24.7 Å². The number of benzene rings is 1. The van der Waals surface area contributed by atoms with Crippen molar-refractivity contribution in [1.29, 1.82) is 0 Å². The third-order valence-electron chi connectivity index (χ3n) is 3.67. The summed E-state index contributed by atoms with van der Waals surface area (Å²) in [6.07, 6.45) is 1.21. The van der Waals surface area contributed by atoms with Crippen LogP contribution < -0.4 is 5.32 Å². The number of nitrogens with one attached hydrogen (secondary N) is 1. The number of likely N-dealkylation sites (N-methyl/N-ethyl adjacent to an activating group) is 1. The number of hydrogen-bond donors (Lipinski definition) is 1. The summed E-state index contributed by atoms with van der Waals surface area (Å²) in [5, 5.41) is 4.97. The number of rotatable bonds is 4. The van der Waals surface area contributed by atoms with Crippen molar-refractivity contribution in [3.05, 3.63) is 33.8 Å². The van der Waals surface area contributed by atoms with Crippen LogP contribution in [0, 0.1) is 0 Å². The lowest BCUT2D eigenvalue weighted by atomic mass is 10.1. The molecule has 1 saturated heterocycles. The molecule has 2 unspecified atom stereocenters. The minimum atomic E-state index is 0.346. The summed E-state index contributed by atoms with van der Waals surface area (Å²) >= 11 is 12.2. The van der Waals surface area contributed by atoms with Gasteiger partial charge in [-0.05, 0) is 37.6 Å². The molecule has 0 radical (unpaired) electrons. The predicted octanol–water partition coefficient (Wildman–Crippen LogP) is 3.74. The van der Waals surface area contributed by atoms with Crippen LogP contribution in [0.1, 0.15) is 31.9 Å². The van der Waals surface area contributed by atoms with E-state index in [9.17, 15) is 0 Å². The van der Waals surface area contributed by atoms with Crippen molar-refractivity contribution in [1.82, 2.24) is 10.2 Å². The van der Waals surface area contributed by atoms with Gasteiger partial charge in [0.25, 0.3) is 0 Å². The molecule has 1 aliphatic rings. The fraction of sp³-hybridized carbons (Fsp3) is 0.571. The monoisotopic (exact) mass is 286 g/mol. The van der Waals surface area contributed by atoms with Gasteiger partial charge in [-0.25, -0.2) is 0 Å². The van der Waals surface area contributed by atoms with Crippen LogP contribution in [0.5, 0.6) is 0 Å². The molecule has 0 bridgehead atoms. The summed E-state index contributed by atoms with van der Waals surface area (Å²) in [6.45, 7) is 7.62. The average Bonchev–Trinajstić information content (AvgIpc) is 2.77. The summed E-state index contributed by atoms with van der Waals surface area (Å²) in [7, 11) is 0. The summed E-state index contributed by atoms with van der Waals surface area (Å²) in [5.41, 5.74) is 1.17. The number of hydrogen-bond acceptors (Lipinski definition) is 2. The van der Waals surface area contributed by atoms with Crippen molar-refractivity contribution >= 4 is 23.2 Å². The molecule has 1 aromatic carbocycles. The lowest BCUT2D eigenvalue weighted by molar-refractivity contribution is 0.256. The van der Waals surface area contributed by atoms with Gasteiger partial charge in [0.15, 0.2) is 0 Å². The molecule has 1 heterocycles. The number of likely N-dealkylation sites (tertiary alicyclic amines) is 1. The Bertz CT molecular complexity index is 409. The fourth-order valence-electron chi connectivity index (χ4n) is 2.63. The molecule has 1 aliphatic heterocycles. The van der Waals surface area contributed by atoms with Crippen molar-refractivity contribution < 1.29 is 0 Å². The lowest BCUT2D eigenvalue weighted by Gasteiger charge is -2.25. The third kappa shape index (κ3) is 3.18. The molecule has 4 heteroatoms. The molecule has 0 saturated carbocycles. The van der Waals surface area contributed by atoms with Crippen LogP contribution >= 0.6 is 23.2 Å². The van der Waals surface area contributed by atoms with Gasteiger partial charge in [0.2, 0.25) is 0 Å². The normalized spacial score (nSPS) is 22.3. The molecule has 2 rings (SSSR count). The molecule has 18 heavy (non-hydrogen) atoms. The second-order valence-corrected chi connectivity index (χ2v) is 5.72. The highest BCUT2D eigenvalue weighted by Crippen LogP contribution is 2.31. The predicted molar refractivity (Wildman–Crippen MR) is 78.5 cm³/mol. The van der Waals surface area contributed by atoms with Crippen molar-refractivity contribution in [2.75, 3.05) is 19.6 Å². The Morgan fingerprint density at radius 2 is 2.22 bits per heavy atom. The van der Waals surface area contributed by atoms with Gasteiger partial charge in [0, 0.05) is 35.2 Å². The van der Waals surface area contributed by atoms with Crippen LogP contribution in [0.2, 0.25) is 10.0 Å². The molecular formula is C14H20Cl2N2. The van der Waals surface area contributed by atoms with E-state index < -0.39 is 0 Å². The Labute approximate surface area is 119 Å². The molecular weight excluding hydrogens is 267 g/mol. The van der Waals surface area contributed by atoms with E-state index in [4.69, 9.17) is 23.2 Å². The molecule has 0 aromatic heterocycles. The molecule has 0 aliphatic carbocycles. The lowest BCUT2D eigenvalue weighted by Crippen LogP contribution is -2.33. The second-order valence-electron chi connectivity index (χ2n) is 4.88. The van der Waals surface area contributed by atoms with Crippen LogP contribution in [0.15, 0.2) is 18.2 Å². The fourth-order valence-corrected chi connectivity index (χ4v) is 3.20. The smallest absolute Gasteiger partial charge is 0.0468 e. The van der Waals surface area contributed by atoms with Gasteiger partial charge in [0.1, 0.15) is 0 Å². The van der Waals surface area contributed by atoms with E-state index in [0.29, 0.717) is 17.1 Å². The standard InChI is InChI=1S/C14H20Cl2N2/c1-3-17-12-6-7-18(9-12)10(2)13-5-4-11(15)8-14(13)16/h4-5,8,10,12,17H,3,6-7,9H2,1-2H3. The molecule has 1 fully saturated rings. The van der Waals surface area contributed by atoms with Crippen molar-refractivity contribution in [3.63, 3.8) is 0 Å². The summed E-state index contributed by atoms with van der Waals surface area (Å²) in [5.74, 6) is 0. The Hall–Kier alpha value is -0.280. The Balaban J connectivity index is 2.05. The van der Waals surface area contributed by atoms with Crippen molar-refractivity contribution in [2.45, 2.75) is 32.4 Å². The Morgan fingerprint density at radius 1 is 1.44 bits per heavy atom. The maximum atomic E-state index is 6.27. The van der Waals surface area contributed by atoms with Gasteiger partial charge in [-0.2, -0.15) is 0 Å². The van der Waals surface area contributed by atoms with Crippen LogP contribution in [0.25, 0.3) is 0 Å². The highest BCUT2D eigenvalue weighted by atomic mass is 35.5. The molecule has 100 valence electrons. The molecule has 2 nitrogen and oxygen atoms in total. The molecule has 2 atom stereocenters. The SMILES string of the molecule is CCNC1CCN(C(C)c2ccc(Cl)cc2Cl)C1. The Morgan fingerprint density at radius 3 is 2.89 bits per heavy atom.